The SMILES string of the molecule is Cc1ccc(-n2cnnc2SCC(=O)N2CCCC2c2ccc3c(c2)OCCO3)cc1Cl. The number of nitrogens with zero attached hydrogens (tertiary/aromatic N) is 4. The molecule has 2 aliphatic heterocycles. The number of carbonyl (C=O) groups is 1. The van der Waals surface area contributed by atoms with Gasteiger partial charge in [-0.2, -0.15) is 0 Å². The van der Waals surface area contributed by atoms with E-state index >= 15 is 0 Å². The predicted molar refractivity (Wildman–Crippen MR) is 123 cm³/mol. The first-order valence-electron chi connectivity index (χ1n) is 10.6. The van der Waals surface area contributed by atoms with Crippen molar-refractivity contribution in [1.82, 2.24) is 19.7 Å². The molecule has 0 aliphatic carbocycles. The average molecular weight is 471 g/mol. The zero-order valence-corrected chi connectivity index (χ0v) is 19.2. The largest absolute Gasteiger partial charge is 0.486 e. The molecule has 1 saturated heterocycles. The molecule has 0 saturated carbocycles. The Labute approximate surface area is 195 Å². The lowest BCUT2D eigenvalue weighted by Crippen LogP contribution is -2.32. The molecular weight excluding hydrogens is 448 g/mol. The molecule has 1 aromatic heterocycles. The van der Waals surface area contributed by atoms with Gasteiger partial charge in [-0.3, -0.25) is 9.36 Å². The summed E-state index contributed by atoms with van der Waals surface area (Å²) in [7, 11) is 0. The van der Waals surface area contributed by atoms with E-state index < -0.39 is 0 Å². The summed E-state index contributed by atoms with van der Waals surface area (Å²) in [5, 5.41) is 9.57. The Bertz CT molecular complexity index is 1150. The van der Waals surface area contributed by atoms with Crippen LogP contribution >= 0.6 is 23.4 Å². The molecule has 2 aromatic carbocycles. The maximum Gasteiger partial charge on any atom is 0.233 e. The van der Waals surface area contributed by atoms with Crippen molar-refractivity contribution in [2.45, 2.75) is 31.0 Å². The third-order valence-corrected chi connectivity index (χ3v) is 7.13. The highest BCUT2D eigenvalue weighted by atomic mass is 35.5. The number of aromatic nitrogens is 3. The quantitative estimate of drug-likeness (QED) is 0.513. The highest BCUT2D eigenvalue weighted by molar-refractivity contribution is 7.99. The molecule has 5 rings (SSSR count). The molecule has 0 spiro atoms. The maximum absolute atomic E-state index is 13.1. The van der Waals surface area contributed by atoms with Crippen LogP contribution in [0, 0.1) is 6.92 Å². The first-order chi connectivity index (χ1) is 15.6. The number of aryl methyl sites for hydroxylation is 1. The van der Waals surface area contributed by atoms with Crippen LogP contribution in [0.25, 0.3) is 5.69 Å². The second-order valence-electron chi connectivity index (χ2n) is 7.85. The van der Waals surface area contributed by atoms with E-state index in [0.29, 0.717) is 29.1 Å². The number of hydrogen-bond acceptors (Lipinski definition) is 6. The Morgan fingerprint density at radius 1 is 1.19 bits per heavy atom. The van der Waals surface area contributed by atoms with E-state index in [1.807, 2.05) is 52.8 Å². The fourth-order valence-electron chi connectivity index (χ4n) is 4.12. The molecule has 166 valence electrons. The van der Waals surface area contributed by atoms with Crippen LogP contribution in [0.5, 0.6) is 11.5 Å². The number of ether oxygens (including phenoxy) is 2. The summed E-state index contributed by atoms with van der Waals surface area (Å²) in [6, 6.07) is 11.8. The summed E-state index contributed by atoms with van der Waals surface area (Å²) in [5.41, 5.74) is 2.96. The molecule has 2 aliphatic rings. The van der Waals surface area contributed by atoms with Crippen LogP contribution in [-0.2, 0) is 4.79 Å². The number of thioether (sulfide) groups is 1. The van der Waals surface area contributed by atoms with Gasteiger partial charge in [0.25, 0.3) is 0 Å². The summed E-state index contributed by atoms with van der Waals surface area (Å²) in [4.78, 5) is 15.1. The Hall–Kier alpha value is -2.71. The zero-order chi connectivity index (χ0) is 22.1. The Balaban J connectivity index is 1.28. The minimum Gasteiger partial charge on any atom is -0.486 e. The van der Waals surface area contributed by atoms with Crippen molar-refractivity contribution in [2.24, 2.45) is 0 Å². The van der Waals surface area contributed by atoms with Crippen LogP contribution in [0.2, 0.25) is 5.02 Å². The molecule has 3 aromatic rings. The summed E-state index contributed by atoms with van der Waals surface area (Å²) >= 11 is 7.66. The molecule has 0 radical (unpaired) electrons. The van der Waals surface area contributed by atoms with Crippen LogP contribution in [-0.4, -0.2) is 51.1 Å². The average Bonchev–Trinajstić information content (AvgIpc) is 3.49. The lowest BCUT2D eigenvalue weighted by atomic mass is 10.0. The molecule has 0 bridgehead atoms. The molecule has 1 amide bonds. The van der Waals surface area contributed by atoms with Crippen molar-refractivity contribution in [3.63, 3.8) is 0 Å². The first-order valence-corrected chi connectivity index (χ1v) is 11.9. The monoisotopic (exact) mass is 470 g/mol. The van der Waals surface area contributed by atoms with E-state index in [4.69, 9.17) is 21.1 Å². The summed E-state index contributed by atoms with van der Waals surface area (Å²) in [6.45, 7) is 3.82. The van der Waals surface area contributed by atoms with Crippen molar-refractivity contribution in [1.29, 1.82) is 0 Å². The zero-order valence-electron chi connectivity index (χ0n) is 17.7. The number of fused-ring (bicyclic) bond motifs is 1. The number of likely N-dealkylation sites (tertiary alicyclic amines) is 1. The van der Waals surface area contributed by atoms with Gasteiger partial charge in [0.05, 0.1) is 17.5 Å². The van der Waals surface area contributed by atoms with Crippen LogP contribution in [0.15, 0.2) is 47.9 Å². The fourth-order valence-corrected chi connectivity index (χ4v) is 5.11. The van der Waals surface area contributed by atoms with Crippen molar-refractivity contribution in [3.05, 3.63) is 58.9 Å². The van der Waals surface area contributed by atoms with Gasteiger partial charge in [-0.1, -0.05) is 35.5 Å². The topological polar surface area (TPSA) is 69.5 Å². The van der Waals surface area contributed by atoms with Crippen molar-refractivity contribution < 1.29 is 14.3 Å². The smallest absolute Gasteiger partial charge is 0.233 e. The highest BCUT2D eigenvalue weighted by Gasteiger charge is 2.31. The lowest BCUT2D eigenvalue weighted by molar-refractivity contribution is -0.129. The van der Waals surface area contributed by atoms with Gasteiger partial charge < -0.3 is 14.4 Å². The second-order valence-corrected chi connectivity index (χ2v) is 9.20. The van der Waals surface area contributed by atoms with Crippen LogP contribution in [0.4, 0.5) is 0 Å². The third-order valence-electron chi connectivity index (χ3n) is 5.80. The Morgan fingerprint density at radius 2 is 2.03 bits per heavy atom. The number of rotatable bonds is 5. The number of hydrogen-bond donors (Lipinski definition) is 0. The Morgan fingerprint density at radius 3 is 2.88 bits per heavy atom. The van der Waals surface area contributed by atoms with Crippen molar-refractivity contribution >= 4 is 29.3 Å². The molecule has 7 nitrogen and oxygen atoms in total. The molecule has 0 N–H and O–H groups in total. The van der Waals surface area contributed by atoms with Gasteiger partial charge in [0, 0.05) is 11.6 Å². The maximum atomic E-state index is 13.1. The van der Waals surface area contributed by atoms with E-state index in [0.717, 1.165) is 47.7 Å². The standard InChI is InChI=1S/C23H23ClN4O3S/c1-15-4-6-17(12-18(15)24)28-14-25-26-23(28)32-13-22(29)27-8-2-3-19(27)16-5-7-20-21(11-16)31-10-9-30-20/h4-7,11-12,14,19H,2-3,8-10,13H2,1H3. The van der Waals surface area contributed by atoms with Crippen molar-refractivity contribution in [3.8, 4) is 17.2 Å². The molecule has 1 fully saturated rings. The summed E-state index contributed by atoms with van der Waals surface area (Å²) in [6.07, 6.45) is 3.56. The van der Waals surface area contributed by atoms with Gasteiger partial charge in [0.15, 0.2) is 16.7 Å². The molecule has 32 heavy (non-hydrogen) atoms. The normalized spacial score (nSPS) is 17.6. The molecule has 9 heteroatoms. The van der Waals surface area contributed by atoms with Gasteiger partial charge in [0.1, 0.15) is 19.5 Å². The minimum atomic E-state index is 0.0488. The predicted octanol–water partition coefficient (Wildman–Crippen LogP) is 4.46. The number of carbonyl (C=O) groups excluding carboxylic acids is 1. The Kier molecular flexibility index (Phi) is 5.97. The third kappa shape index (κ3) is 4.17. The van der Waals surface area contributed by atoms with Gasteiger partial charge in [-0.15, -0.1) is 10.2 Å². The molecule has 1 atom stereocenters. The summed E-state index contributed by atoms with van der Waals surface area (Å²) in [5.74, 6) is 1.90. The van der Waals surface area contributed by atoms with E-state index in [9.17, 15) is 4.79 Å². The second kappa shape index (κ2) is 9.03. The lowest BCUT2D eigenvalue weighted by Gasteiger charge is -2.26. The molecular formula is C23H23ClN4O3S. The van der Waals surface area contributed by atoms with E-state index in [1.54, 1.807) is 6.33 Å². The van der Waals surface area contributed by atoms with Crippen LogP contribution in [0.3, 0.4) is 0 Å². The summed E-state index contributed by atoms with van der Waals surface area (Å²) < 4.78 is 13.2. The van der Waals surface area contributed by atoms with Gasteiger partial charge in [-0.25, -0.2) is 0 Å². The van der Waals surface area contributed by atoms with Crippen molar-refractivity contribution in [2.75, 3.05) is 25.5 Å². The van der Waals surface area contributed by atoms with Crippen LogP contribution < -0.4 is 9.47 Å². The molecule has 3 heterocycles. The first kappa shape index (κ1) is 21.2. The number of benzene rings is 2. The number of amides is 1. The van der Waals surface area contributed by atoms with Gasteiger partial charge >= 0.3 is 0 Å². The fraction of sp³-hybridized carbons (Fsp3) is 0.348. The van der Waals surface area contributed by atoms with E-state index in [1.165, 1.54) is 11.8 Å². The van der Waals surface area contributed by atoms with Gasteiger partial charge in [-0.05, 0) is 55.2 Å². The molecule has 1 unspecified atom stereocenters. The van der Waals surface area contributed by atoms with Crippen LogP contribution in [0.1, 0.15) is 30.0 Å². The van der Waals surface area contributed by atoms with E-state index in [-0.39, 0.29) is 11.9 Å². The van der Waals surface area contributed by atoms with Gasteiger partial charge in [0.2, 0.25) is 5.91 Å². The highest BCUT2D eigenvalue weighted by Crippen LogP contribution is 2.38. The minimum absolute atomic E-state index is 0.0488. The van der Waals surface area contributed by atoms with E-state index in [2.05, 4.69) is 10.2 Å². The number of halogens is 1.